The minimum absolute atomic E-state index is 0.363. The Bertz CT molecular complexity index is 696. The number of likely N-dealkylation sites (tertiary alicyclic amines) is 1. The molecule has 128 valence electrons. The van der Waals surface area contributed by atoms with Gasteiger partial charge in [0.25, 0.3) is 0 Å². The van der Waals surface area contributed by atoms with Gasteiger partial charge in [-0.05, 0) is 48.1 Å². The lowest BCUT2D eigenvalue weighted by atomic mass is 9.89. The first-order chi connectivity index (χ1) is 11.8. The first-order valence-corrected chi connectivity index (χ1v) is 8.90. The molecule has 2 aromatic rings. The molecule has 1 aliphatic heterocycles. The Hall–Kier alpha value is -1.95. The van der Waals surface area contributed by atoms with E-state index in [0.717, 1.165) is 31.1 Å². The van der Waals surface area contributed by atoms with Gasteiger partial charge in [-0.1, -0.05) is 25.1 Å². The Morgan fingerprint density at radius 2 is 2.00 bits per heavy atom. The Balaban J connectivity index is 1.61. The zero-order valence-electron chi connectivity index (χ0n) is 14.4. The van der Waals surface area contributed by atoms with E-state index in [0.29, 0.717) is 18.0 Å². The second kappa shape index (κ2) is 6.51. The number of aromatic nitrogens is 4. The largest absolute Gasteiger partial charge is 0.496 e. The molecule has 2 fully saturated rings. The van der Waals surface area contributed by atoms with E-state index in [1.807, 2.05) is 10.7 Å². The van der Waals surface area contributed by atoms with Crippen LogP contribution < -0.4 is 4.74 Å². The third-order valence-electron chi connectivity index (χ3n) is 5.22. The van der Waals surface area contributed by atoms with E-state index in [4.69, 9.17) is 4.74 Å². The molecule has 4 rings (SSSR count). The highest BCUT2D eigenvalue weighted by Gasteiger charge is 2.33. The zero-order chi connectivity index (χ0) is 16.5. The van der Waals surface area contributed by atoms with Gasteiger partial charge in [-0.15, -0.1) is 5.10 Å². The molecule has 0 radical (unpaired) electrons. The van der Waals surface area contributed by atoms with Crippen molar-refractivity contribution in [2.75, 3.05) is 13.7 Å². The standard InChI is InChI=1S/C18H25N5O/c1-13-7-10-16(15-5-3-4-6-17(15)24-2)22(11-13)12-18-19-20-21-23(18)14-8-9-14/h3-6,13-14,16H,7-12H2,1-2H3. The van der Waals surface area contributed by atoms with Crippen LogP contribution in [0.4, 0.5) is 0 Å². The molecule has 1 aromatic carbocycles. The minimum Gasteiger partial charge on any atom is -0.496 e. The minimum atomic E-state index is 0.363. The topological polar surface area (TPSA) is 56.1 Å². The van der Waals surface area contributed by atoms with Gasteiger partial charge < -0.3 is 4.74 Å². The molecule has 1 aliphatic carbocycles. The third kappa shape index (κ3) is 3.02. The Morgan fingerprint density at radius 1 is 1.17 bits per heavy atom. The lowest BCUT2D eigenvalue weighted by Crippen LogP contribution is -2.37. The maximum absolute atomic E-state index is 5.61. The summed E-state index contributed by atoms with van der Waals surface area (Å²) in [5.41, 5.74) is 1.28. The monoisotopic (exact) mass is 327 g/mol. The van der Waals surface area contributed by atoms with Crippen LogP contribution in [0.3, 0.4) is 0 Å². The molecule has 24 heavy (non-hydrogen) atoms. The van der Waals surface area contributed by atoms with E-state index >= 15 is 0 Å². The fraction of sp³-hybridized carbons (Fsp3) is 0.611. The molecule has 1 saturated carbocycles. The van der Waals surface area contributed by atoms with E-state index in [-0.39, 0.29) is 0 Å². The second-order valence-electron chi connectivity index (χ2n) is 7.14. The van der Waals surface area contributed by atoms with E-state index in [2.05, 4.69) is 45.5 Å². The van der Waals surface area contributed by atoms with Crippen LogP contribution in [0.15, 0.2) is 24.3 Å². The van der Waals surface area contributed by atoms with Gasteiger partial charge in [-0.2, -0.15) is 0 Å². The Labute approximate surface area is 142 Å². The number of ether oxygens (including phenoxy) is 1. The van der Waals surface area contributed by atoms with Crippen molar-refractivity contribution in [1.82, 2.24) is 25.1 Å². The van der Waals surface area contributed by atoms with Crippen molar-refractivity contribution < 1.29 is 4.74 Å². The fourth-order valence-corrected chi connectivity index (χ4v) is 3.81. The SMILES string of the molecule is COc1ccccc1C1CCC(C)CN1Cc1nnnn1C1CC1. The average molecular weight is 327 g/mol. The van der Waals surface area contributed by atoms with Crippen molar-refractivity contribution in [2.45, 2.75) is 51.2 Å². The highest BCUT2D eigenvalue weighted by atomic mass is 16.5. The summed E-state index contributed by atoms with van der Waals surface area (Å²) in [7, 11) is 1.75. The maximum atomic E-state index is 5.61. The van der Waals surface area contributed by atoms with E-state index in [1.54, 1.807) is 7.11 Å². The summed E-state index contributed by atoms with van der Waals surface area (Å²) in [6, 6.07) is 9.26. The lowest BCUT2D eigenvalue weighted by Gasteiger charge is -2.39. The highest BCUT2D eigenvalue weighted by Crippen LogP contribution is 2.39. The van der Waals surface area contributed by atoms with Crippen molar-refractivity contribution in [3.8, 4) is 5.75 Å². The van der Waals surface area contributed by atoms with Crippen LogP contribution in [-0.2, 0) is 6.54 Å². The summed E-state index contributed by atoms with van der Waals surface area (Å²) in [6.07, 6.45) is 4.79. The number of hydrogen-bond acceptors (Lipinski definition) is 5. The predicted molar refractivity (Wildman–Crippen MR) is 90.6 cm³/mol. The number of rotatable bonds is 5. The predicted octanol–water partition coefficient (Wildman–Crippen LogP) is 2.99. The van der Waals surface area contributed by atoms with Crippen molar-refractivity contribution in [1.29, 1.82) is 0 Å². The lowest BCUT2D eigenvalue weighted by molar-refractivity contribution is 0.0994. The van der Waals surface area contributed by atoms with Gasteiger partial charge >= 0.3 is 0 Å². The molecule has 0 spiro atoms. The number of tetrazole rings is 1. The van der Waals surface area contributed by atoms with Gasteiger partial charge in [-0.25, -0.2) is 4.68 Å². The van der Waals surface area contributed by atoms with E-state index in [9.17, 15) is 0 Å². The first-order valence-electron chi connectivity index (χ1n) is 8.90. The summed E-state index contributed by atoms with van der Waals surface area (Å²) in [5, 5.41) is 12.4. The summed E-state index contributed by atoms with van der Waals surface area (Å²) >= 11 is 0. The molecule has 1 aromatic heterocycles. The maximum Gasteiger partial charge on any atom is 0.165 e. The van der Waals surface area contributed by atoms with Crippen molar-refractivity contribution in [3.63, 3.8) is 0 Å². The zero-order valence-corrected chi connectivity index (χ0v) is 14.4. The van der Waals surface area contributed by atoms with Crippen LogP contribution in [0.25, 0.3) is 0 Å². The molecule has 2 unspecified atom stereocenters. The first kappa shape index (κ1) is 15.6. The number of benzene rings is 1. The molecule has 1 saturated heterocycles. The van der Waals surface area contributed by atoms with Crippen molar-refractivity contribution in [3.05, 3.63) is 35.7 Å². The van der Waals surface area contributed by atoms with Gasteiger partial charge in [0, 0.05) is 18.2 Å². The van der Waals surface area contributed by atoms with E-state index in [1.165, 1.54) is 24.8 Å². The summed E-state index contributed by atoms with van der Waals surface area (Å²) in [6.45, 7) is 4.20. The van der Waals surface area contributed by atoms with Crippen molar-refractivity contribution in [2.24, 2.45) is 5.92 Å². The molecule has 2 atom stereocenters. The molecule has 0 amide bonds. The van der Waals surface area contributed by atoms with Gasteiger partial charge in [0.05, 0.1) is 19.7 Å². The molecule has 0 bridgehead atoms. The van der Waals surface area contributed by atoms with E-state index < -0.39 is 0 Å². The molecule has 2 heterocycles. The van der Waals surface area contributed by atoms with Crippen LogP contribution in [0.5, 0.6) is 5.75 Å². The Kier molecular flexibility index (Phi) is 4.22. The second-order valence-corrected chi connectivity index (χ2v) is 7.14. The normalized spacial score (nSPS) is 24.9. The number of methoxy groups -OCH3 is 1. The molecule has 6 nitrogen and oxygen atoms in total. The summed E-state index contributed by atoms with van der Waals surface area (Å²) in [4.78, 5) is 2.52. The van der Waals surface area contributed by atoms with Crippen LogP contribution >= 0.6 is 0 Å². The van der Waals surface area contributed by atoms with Crippen molar-refractivity contribution >= 4 is 0 Å². The summed E-state index contributed by atoms with van der Waals surface area (Å²) < 4.78 is 7.64. The van der Waals surface area contributed by atoms with Gasteiger partial charge in [0.15, 0.2) is 5.82 Å². The summed E-state index contributed by atoms with van der Waals surface area (Å²) in [5.74, 6) is 2.66. The highest BCUT2D eigenvalue weighted by molar-refractivity contribution is 5.36. The smallest absolute Gasteiger partial charge is 0.165 e. The average Bonchev–Trinajstić information content (AvgIpc) is 3.35. The molecular weight excluding hydrogens is 302 g/mol. The van der Waals surface area contributed by atoms with Crippen LogP contribution in [0.2, 0.25) is 0 Å². The number of hydrogen-bond donors (Lipinski definition) is 0. The number of nitrogens with zero attached hydrogens (tertiary/aromatic N) is 5. The molecule has 0 N–H and O–H groups in total. The van der Waals surface area contributed by atoms with Crippen LogP contribution in [-0.4, -0.2) is 38.8 Å². The van der Waals surface area contributed by atoms with Gasteiger partial charge in [0.1, 0.15) is 5.75 Å². The number of piperidine rings is 1. The van der Waals surface area contributed by atoms with Gasteiger partial charge in [0.2, 0.25) is 0 Å². The number of para-hydroxylation sites is 1. The molecule has 2 aliphatic rings. The molecule has 6 heteroatoms. The van der Waals surface area contributed by atoms with Gasteiger partial charge in [-0.3, -0.25) is 4.90 Å². The quantitative estimate of drug-likeness (QED) is 0.845. The Morgan fingerprint density at radius 3 is 2.79 bits per heavy atom. The fourth-order valence-electron chi connectivity index (χ4n) is 3.81. The van der Waals surface area contributed by atoms with Crippen LogP contribution in [0, 0.1) is 5.92 Å². The molecular formula is C18H25N5O. The third-order valence-corrected chi connectivity index (χ3v) is 5.22. The van der Waals surface area contributed by atoms with Crippen LogP contribution in [0.1, 0.15) is 56.1 Å².